The number of carboxylic acids is 1. The quantitative estimate of drug-likeness (QED) is 0.536. The molecule has 0 aliphatic carbocycles. The average molecular weight is 274 g/mol. The molecule has 0 rings (SSSR count). The molecule has 0 fully saturated rings. The summed E-state index contributed by atoms with van der Waals surface area (Å²) in [6.45, 7) is 14.2. The molecule has 0 aliphatic rings. The zero-order chi connectivity index (χ0) is 15.3. The van der Waals surface area contributed by atoms with Crippen LogP contribution in [0.2, 0.25) is 0 Å². The van der Waals surface area contributed by atoms with E-state index in [1.807, 2.05) is 20.8 Å². The number of carbonyl (C=O) groups is 1. The van der Waals surface area contributed by atoms with Gasteiger partial charge in [-0.2, -0.15) is 0 Å². The van der Waals surface area contributed by atoms with Crippen molar-refractivity contribution in [3.05, 3.63) is 0 Å². The molecule has 0 amide bonds. The summed E-state index contributed by atoms with van der Waals surface area (Å²) in [6.07, 6.45) is 1.46. The van der Waals surface area contributed by atoms with E-state index in [1.54, 1.807) is 0 Å². The monoisotopic (exact) mass is 274 g/mol. The molecule has 4 heteroatoms. The minimum absolute atomic E-state index is 0.216. The number of rotatable bonds is 8. The molecule has 1 N–H and O–H groups in total. The number of carboxylic acid groups (broad SMARTS) is 1. The Kier molecular flexibility index (Phi) is 7.01. The van der Waals surface area contributed by atoms with Crippen molar-refractivity contribution in [3.63, 3.8) is 0 Å². The lowest BCUT2D eigenvalue weighted by molar-refractivity contribution is -0.368. The van der Waals surface area contributed by atoms with Gasteiger partial charge in [-0.25, -0.2) is 14.6 Å². The van der Waals surface area contributed by atoms with Crippen LogP contribution < -0.4 is 0 Å². The minimum atomic E-state index is -0.967. The molecule has 0 aliphatic heterocycles. The van der Waals surface area contributed by atoms with Crippen LogP contribution in [0.1, 0.15) is 67.7 Å². The minimum Gasteiger partial charge on any atom is -0.479 e. The van der Waals surface area contributed by atoms with E-state index in [9.17, 15) is 4.79 Å². The van der Waals surface area contributed by atoms with Gasteiger partial charge in [-0.1, -0.05) is 34.1 Å². The lowest BCUT2D eigenvalue weighted by Gasteiger charge is -2.31. The van der Waals surface area contributed by atoms with E-state index in [1.165, 1.54) is 0 Å². The maximum absolute atomic E-state index is 11.1. The zero-order valence-corrected chi connectivity index (χ0v) is 13.4. The van der Waals surface area contributed by atoms with Crippen molar-refractivity contribution < 1.29 is 19.7 Å². The first-order valence-corrected chi connectivity index (χ1v) is 7.07. The summed E-state index contributed by atoms with van der Waals surface area (Å²) in [6, 6.07) is 0. The molecule has 0 saturated heterocycles. The molecule has 2 atom stereocenters. The van der Waals surface area contributed by atoms with Crippen LogP contribution in [-0.4, -0.2) is 22.8 Å². The van der Waals surface area contributed by atoms with Gasteiger partial charge in [-0.3, -0.25) is 0 Å². The maximum atomic E-state index is 11.1. The van der Waals surface area contributed by atoms with Crippen molar-refractivity contribution in [2.45, 2.75) is 79.4 Å². The highest BCUT2D eigenvalue weighted by Crippen LogP contribution is 2.33. The van der Waals surface area contributed by atoms with Crippen LogP contribution in [0.5, 0.6) is 0 Å². The first-order chi connectivity index (χ1) is 8.49. The number of hydrogen-bond acceptors (Lipinski definition) is 3. The van der Waals surface area contributed by atoms with Gasteiger partial charge in [-0.15, -0.1) is 0 Å². The molecule has 0 aromatic heterocycles. The van der Waals surface area contributed by atoms with Gasteiger partial charge in [0.25, 0.3) is 0 Å². The topological polar surface area (TPSA) is 55.8 Å². The molecule has 0 saturated carbocycles. The summed E-state index contributed by atoms with van der Waals surface area (Å²) in [5.74, 6) is -0.525. The molecule has 0 aromatic rings. The highest BCUT2D eigenvalue weighted by atomic mass is 17.2. The normalized spacial score (nSPS) is 16.2. The zero-order valence-electron chi connectivity index (χ0n) is 13.4. The molecular formula is C15H30O4. The van der Waals surface area contributed by atoms with Gasteiger partial charge < -0.3 is 5.11 Å². The molecule has 19 heavy (non-hydrogen) atoms. The summed E-state index contributed by atoms with van der Waals surface area (Å²) in [5.41, 5.74) is -0.282. The van der Waals surface area contributed by atoms with Crippen molar-refractivity contribution in [2.75, 3.05) is 0 Å². The molecule has 0 aromatic carbocycles. The Morgan fingerprint density at radius 1 is 1.16 bits per heavy atom. The first-order valence-electron chi connectivity index (χ1n) is 7.07. The SMILES string of the molecule is CCC(C)(C)C(C)CCC(OOC(C)(C)C)C(=O)O. The lowest BCUT2D eigenvalue weighted by Crippen LogP contribution is -2.31. The average Bonchev–Trinajstić information content (AvgIpc) is 2.26. The molecule has 0 bridgehead atoms. The van der Waals surface area contributed by atoms with E-state index in [0.29, 0.717) is 12.3 Å². The van der Waals surface area contributed by atoms with Gasteiger partial charge in [-0.05, 0) is 44.9 Å². The summed E-state index contributed by atoms with van der Waals surface area (Å²) < 4.78 is 0. The van der Waals surface area contributed by atoms with Crippen molar-refractivity contribution in [1.29, 1.82) is 0 Å². The molecule has 0 heterocycles. The van der Waals surface area contributed by atoms with Gasteiger partial charge in [0.2, 0.25) is 0 Å². The molecular weight excluding hydrogens is 244 g/mol. The Bertz CT molecular complexity index is 278. The second-order valence-electron chi connectivity index (χ2n) is 6.94. The van der Waals surface area contributed by atoms with Crippen molar-refractivity contribution >= 4 is 5.97 Å². The maximum Gasteiger partial charge on any atom is 0.336 e. The summed E-state index contributed by atoms with van der Waals surface area (Å²) in [7, 11) is 0. The molecule has 2 unspecified atom stereocenters. The second kappa shape index (κ2) is 7.25. The smallest absolute Gasteiger partial charge is 0.336 e. The van der Waals surface area contributed by atoms with E-state index in [-0.39, 0.29) is 5.41 Å². The predicted molar refractivity (Wildman–Crippen MR) is 75.8 cm³/mol. The first kappa shape index (κ1) is 18.4. The Balaban J connectivity index is 4.34. The highest BCUT2D eigenvalue weighted by Gasteiger charge is 2.28. The summed E-state index contributed by atoms with van der Waals surface area (Å²) >= 11 is 0. The second-order valence-corrected chi connectivity index (χ2v) is 6.94. The van der Waals surface area contributed by atoms with Crippen LogP contribution in [0.25, 0.3) is 0 Å². The third kappa shape index (κ3) is 7.53. The third-order valence-electron chi connectivity index (χ3n) is 3.80. The van der Waals surface area contributed by atoms with Crippen LogP contribution in [0, 0.1) is 11.3 Å². The summed E-state index contributed by atoms with van der Waals surface area (Å²) in [5, 5.41) is 9.14. The number of hydrogen-bond donors (Lipinski definition) is 1. The third-order valence-corrected chi connectivity index (χ3v) is 3.80. The van der Waals surface area contributed by atoms with Gasteiger partial charge in [0.15, 0.2) is 6.10 Å². The van der Waals surface area contributed by atoms with Crippen molar-refractivity contribution in [3.8, 4) is 0 Å². The number of aliphatic carboxylic acids is 1. The van der Waals surface area contributed by atoms with Crippen LogP contribution in [0.15, 0.2) is 0 Å². The Morgan fingerprint density at radius 2 is 1.68 bits per heavy atom. The van der Waals surface area contributed by atoms with Gasteiger partial charge in [0, 0.05) is 0 Å². The van der Waals surface area contributed by atoms with E-state index in [2.05, 4.69) is 27.7 Å². The van der Waals surface area contributed by atoms with E-state index >= 15 is 0 Å². The summed E-state index contributed by atoms with van der Waals surface area (Å²) in [4.78, 5) is 21.3. The Morgan fingerprint density at radius 3 is 2.05 bits per heavy atom. The Hall–Kier alpha value is -0.610. The van der Waals surface area contributed by atoms with E-state index < -0.39 is 17.7 Å². The molecule has 0 spiro atoms. The van der Waals surface area contributed by atoms with Gasteiger partial charge in [0.05, 0.1) is 5.60 Å². The fourth-order valence-corrected chi connectivity index (χ4v) is 1.56. The van der Waals surface area contributed by atoms with Crippen LogP contribution in [0.4, 0.5) is 0 Å². The van der Waals surface area contributed by atoms with Crippen molar-refractivity contribution in [1.82, 2.24) is 0 Å². The largest absolute Gasteiger partial charge is 0.479 e. The fraction of sp³-hybridized carbons (Fsp3) is 0.933. The predicted octanol–water partition coefficient (Wildman–Crippen LogP) is 4.04. The van der Waals surface area contributed by atoms with Crippen LogP contribution in [-0.2, 0) is 14.6 Å². The van der Waals surface area contributed by atoms with E-state index in [4.69, 9.17) is 14.9 Å². The standard InChI is InChI=1S/C15H30O4/c1-8-15(6,7)11(2)9-10-12(13(16)17)18-19-14(3,4)5/h11-12H,8-10H2,1-7H3,(H,16,17). The fourth-order valence-electron chi connectivity index (χ4n) is 1.56. The van der Waals surface area contributed by atoms with Crippen LogP contribution >= 0.6 is 0 Å². The van der Waals surface area contributed by atoms with Gasteiger partial charge in [0.1, 0.15) is 0 Å². The van der Waals surface area contributed by atoms with Crippen LogP contribution in [0.3, 0.4) is 0 Å². The lowest BCUT2D eigenvalue weighted by atomic mass is 9.75. The molecule has 4 nitrogen and oxygen atoms in total. The van der Waals surface area contributed by atoms with Crippen molar-refractivity contribution in [2.24, 2.45) is 11.3 Å². The van der Waals surface area contributed by atoms with Gasteiger partial charge >= 0.3 is 5.97 Å². The van der Waals surface area contributed by atoms with E-state index in [0.717, 1.165) is 12.8 Å². The molecule has 0 radical (unpaired) electrons. The highest BCUT2D eigenvalue weighted by molar-refractivity contribution is 5.72. The Labute approximate surface area is 117 Å². The molecule has 114 valence electrons.